The lowest BCUT2D eigenvalue weighted by molar-refractivity contribution is -0.157. The van der Waals surface area contributed by atoms with Crippen LogP contribution >= 0.6 is 11.8 Å². The summed E-state index contributed by atoms with van der Waals surface area (Å²) in [5, 5.41) is 2.32. The monoisotopic (exact) mass is 399 g/mol. The van der Waals surface area contributed by atoms with Crippen LogP contribution in [0.3, 0.4) is 0 Å². The molecule has 1 aromatic carbocycles. The first-order chi connectivity index (χ1) is 13.5. The Kier molecular flexibility index (Phi) is 4.49. The van der Waals surface area contributed by atoms with Crippen molar-refractivity contribution < 1.29 is 19.1 Å². The average molecular weight is 400 g/mol. The van der Waals surface area contributed by atoms with Gasteiger partial charge in [0.25, 0.3) is 0 Å². The SMILES string of the molecule is O=C(C[C@@H]1Sc2ccccc2NC1=O)OCC(=O)C12CC3CC(CC(C3)C1)C2. The Labute approximate surface area is 169 Å². The van der Waals surface area contributed by atoms with Crippen molar-refractivity contribution >= 4 is 35.1 Å². The summed E-state index contributed by atoms with van der Waals surface area (Å²) in [4.78, 5) is 38.5. The zero-order valence-corrected chi connectivity index (χ0v) is 16.6. The molecule has 6 rings (SSSR count). The second-order valence-electron chi connectivity index (χ2n) is 9.08. The Morgan fingerprint density at radius 2 is 1.71 bits per heavy atom. The molecule has 6 heteroatoms. The van der Waals surface area contributed by atoms with Crippen molar-refractivity contribution in [2.75, 3.05) is 11.9 Å². The van der Waals surface area contributed by atoms with Gasteiger partial charge in [0.1, 0.15) is 0 Å². The van der Waals surface area contributed by atoms with Crippen LogP contribution in [0, 0.1) is 23.2 Å². The van der Waals surface area contributed by atoms with Crippen LogP contribution in [-0.4, -0.2) is 29.5 Å². The number of hydrogen-bond donors (Lipinski definition) is 1. The van der Waals surface area contributed by atoms with Gasteiger partial charge in [0.05, 0.1) is 17.4 Å². The van der Waals surface area contributed by atoms with E-state index in [-0.39, 0.29) is 30.1 Å². The van der Waals surface area contributed by atoms with Crippen molar-refractivity contribution in [1.29, 1.82) is 0 Å². The van der Waals surface area contributed by atoms with E-state index in [1.54, 1.807) is 0 Å². The van der Waals surface area contributed by atoms with Gasteiger partial charge in [-0.05, 0) is 68.4 Å². The molecule has 148 valence electrons. The number of carbonyl (C=O) groups excluding carboxylic acids is 3. The summed E-state index contributed by atoms with van der Waals surface area (Å²) in [6.45, 7) is -0.138. The van der Waals surface area contributed by atoms with Gasteiger partial charge in [0.15, 0.2) is 12.4 Å². The summed E-state index contributed by atoms with van der Waals surface area (Å²) in [5.41, 5.74) is 0.532. The molecule has 0 saturated heterocycles. The Bertz CT molecular complexity index is 800. The Morgan fingerprint density at radius 1 is 1.07 bits per heavy atom. The quantitative estimate of drug-likeness (QED) is 0.762. The highest BCUT2D eigenvalue weighted by Crippen LogP contribution is 2.60. The Balaban J connectivity index is 1.17. The fourth-order valence-electron chi connectivity index (χ4n) is 6.19. The normalized spacial score (nSPS) is 35.2. The maximum atomic E-state index is 13.0. The number of anilines is 1. The Hall–Kier alpha value is -1.82. The summed E-state index contributed by atoms with van der Waals surface area (Å²) < 4.78 is 5.35. The van der Waals surface area contributed by atoms with E-state index < -0.39 is 11.2 Å². The van der Waals surface area contributed by atoms with Gasteiger partial charge in [-0.2, -0.15) is 0 Å². The van der Waals surface area contributed by atoms with Gasteiger partial charge in [0, 0.05) is 10.3 Å². The first kappa shape index (κ1) is 18.2. The highest BCUT2D eigenvalue weighted by molar-refractivity contribution is 8.01. The molecule has 4 bridgehead atoms. The van der Waals surface area contributed by atoms with Crippen molar-refractivity contribution in [3.05, 3.63) is 24.3 Å². The number of esters is 1. The number of ketones is 1. The molecular weight excluding hydrogens is 374 g/mol. The molecular formula is C22H25NO4S. The van der Waals surface area contributed by atoms with E-state index in [4.69, 9.17) is 4.74 Å². The molecule has 0 spiro atoms. The molecule has 1 N–H and O–H groups in total. The molecule has 1 atom stereocenters. The number of hydrogen-bond acceptors (Lipinski definition) is 5. The maximum absolute atomic E-state index is 13.0. The average Bonchev–Trinajstić information content (AvgIpc) is 2.65. The second kappa shape index (κ2) is 6.90. The largest absolute Gasteiger partial charge is 0.458 e. The molecule has 0 radical (unpaired) electrons. The van der Waals surface area contributed by atoms with Gasteiger partial charge in [-0.1, -0.05) is 12.1 Å². The molecule has 1 aromatic rings. The molecule has 0 unspecified atom stereocenters. The number of carbonyl (C=O) groups is 3. The third-order valence-corrected chi connectivity index (χ3v) is 8.33. The molecule has 1 aliphatic heterocycles. The van der Waals surface area contributed by atoms with Crippen LogP contribution < -0.4 is 5.32 Å². The van der Waals surface area contributed by atoms with Crippen LogP contribution in [0.5, 0.6) is 0 Å². The lowest BCUT2D eigenvalue weighted by atomic mass is 9.48. The van der Waals surface area contributed by atoms with E-state index in [2.05, 4.69) is 5.32 Å². The molecule has 5 aliphatic rings. The maximum Gasteiger partial charge on any atom is 0.307 e. The number of ether oxygens (including phenoxy) is 1. The van der Waals surface area contributed by atoms with Crippen molar-refractivity contribution in [1.82, 2.24) is 0 Å². The van der Waals surface area contributed by atoms with Crippen LogP contribution in [0.25, 0.3) is 0 Å². The number of rotatable bonds is 5. The minimum atomic E-state index is -0.517. The number of thioether (sulfide) groups is 1. The molecule has 1 heterocycles. The number of Topliss-reactive ketones (excluding diaryl/α,β-unsaturated/α-hetero) is 1. The van der Waals surface area contributed by atoms with Crippen LogP contribution in [0.15, 0.2) is 29.2 Å². The molecule has 4 fully saturated rings. The molecule has 5 nitrogen and oxygen atoms in total. The predicted molar refractivity (Wildman–Crippen MR) is 106 cm³/mol. The smallest absolute Gasteiger partial charge is 0.307 e. The van der Waals surface area contributed by atoms with Crippen molar-refractivity contribution in [2.45, 2.75) is 55.1 Å². The van der Waals surface area contributed by atoms with Crippen LogP contribution in [0.4, 0.5) is 5.69 Å². The highest BCUT2D eigenvalue weighted by atomic mass is 32.2. The summed E-state index contributed by atoms with van der Waals surface area (Å²) >= 11 is 1.38. The third-order valence-electron chi connectivity index (χ3n) is 7.05. The first-order valence-corrected chi connectivity index (χ1v) is 11.1. The summed E-state index contributed by atoms with van der Waals surface area (Å²) in [7, 11) is 0. The van der Waals surface area contributed by atoms with Crippen molar-refractivity contribution in [3.63, 3.8) is 0 Å². The number of fused-ring (bicyclic) bond motifs is 1. The van der Waals surface area contributed by atoms with Gasteiger partial charge >= 0.3 is 5.97 Å². The molecule has 1 amide bonds. The molecule has 0 aromatic heterocycles. The highest BCUT2D eigenvalue weighted by Gasteiger charge is 2.54. The number of benzene rings is 1. The lowest BCUT2D eigenvalue weighted by Crippen LogP contribution is -2.51. The van der Waals surface area contributed by atoms with Gasteiger partial charge < -0.3 is 10.1 Å². The third kappa shape index (κ3) is 3.25. The zero-order valence-electron chi connectivity index (χ0n) is 15.8. The van der Waals surface area contributed by atoms with E-state index in [1.165, 1.54) is 31.0 Å². The van der Waals surface area contributed by atoms with E-state index in [0.717, 1.165) is 29.8 Å². The number of para-hydroxylation sites is 1. The minimum absolute atomic E-state index is 0.0149. The van der Waals surface area contributed by atoms with Crippen LogP contribution in [-0.2, 0) is 19.1 Å². The predicted octanol–water partition coefficient (Wildman–Crippen LogP) is 3.82. The zero-order chi connectivity index (χ0) is 19.3. The van der Waals surface area contributed by atoms with Crippen LogP contribution in [0.1, 0.15) is 44.9 Å². The van der Waals surface area contributed by atoms with Crippen molar-refractivity contribution in [2.24, 2.45) is 23.2 Å². The van der Waals surface area contributed by atoms with Crippen LogP contribution in [0.2, 0.25) is 0 Å². The van der Waals surface area contributed by atoms with Crippen molar-refractivity contribution in [3.8, 4) is 0 Å². The molecule has 4 saturated carbocycles. The topological polar surface area (TPSA) is 72.5 Å². The van der Waals surface area contributed by atoms with Gasteiger partial charge in [-0.25, -0.2) is 0 Å². The second-order valence-corrected chi connectivity index (χ2v) is 10.3. The molecule has 4 aliphatic carbocycles. The number of nitrogens with one attached hydrogen (secondary N) is 1. The standard InChI is InChI=1S/C22H25NO4S/c24-19(22-9-13-5-14(10-22)7-15(6-13)11-22)12-27-20(25)8-18-21(26)23-16-3-1-2-4-17(16)28-18/h1-4,13-15,18H,5-12H2,(H,23,26)/t13?,14?,15?,18-,22?/m0/s1. The number of amides is 1. The van der Waals surface area contributed by atoms with E-state index >= 15 is 0 Å². The summed E-state index contributed by atoms with van der Waals surface area (Å²) in [6, 6.07) is 7.54. The fourth-order valence-corrected chi connectivity index (χ4v) is 7.28. The van der Waals surface area contributed by atoms with E-state index in [1.807, 2.05) is 24.3 Å². The summed E-state index contributed by atoms with van der Waals surface area (Å²) in [6.07, 6.45) is 6.76. The minimum Gasteiger partial charge on any atom is -0.458 e. The fraction of sp³-hybridized carbons (Fsp3) is 0.591. The molecule has 28 heavy (non-hydrogen) atoms. The van der Waals surface area contributed by atoms with E-state index in [0.29, 0.717) is 17.8 Å². The summed E-state index contributed by atoms with van der Waals surface area (Å²) in [5.74, 6) is 1.51. The first-order valence-electron chi connectivity index (χ1n) is 10.3. The van der Waals surface area contributed by atoms with E-state index in [9.17, 15) is 14.4 Å². The van der Waals surface area contributed by atoms with Gasteiger partial charge in [-0.3, -0.25) is 14.4 Å². The van der Waals surface area contributed by atoms with Gasteiger partial charge in [0.2, 0.25) is 5.91 Å². The lowest BCUT2D eigenvalue weighted by Gasteiger charge is -2.55. The van der Waals surface area contributed by atoms with Gasteiger partial charge in [-0.15, -0.1) is 11.8 Å². The Morgan fingerprint density at radius 3 is 2.39 bits per heavy atom.